The van der Waals surface area contributed by atoms with Gasteiger partial charge in [0.15, 0.2) is 0 Å². The van der Waals surface area contributed by atoms with E-state index in [0.717, 1.165) is 6.42 Å². The fourth-order valence-electron chi connectivity index (χ4n) is 3.50. The van der Waals surface area contributed by atoms with E-state index >= 15 is 0 Å². The van der Waals surface area contributed by atoms with Gasteiger partial charge in [0.05, 0.1) is 19.4 Å². The fraction of sp³-hybridized carbons (Fsp3) is 0.636. The SMILES string of the molecule is COC(=O)C(CC(=O)Oc1ccc(C(C)(C)CC(C)(C)C)cc1)C(C)C. The van der Waals surface area contributed by atoms with E-state index in [9.17, 15) is 9.59 Å². The Labute approximate surface area is 158 Å². The Kier molecular flexibility index (Phi) is 7.43. The maximum absolute atomic E-state index is 12.2. The molecule has 1 aromatic carbocycles. The van der Waals surface area contributed by atoms with Crippen molar-refractivity contribution in [3.05, 3.63) is 29.8 Å². The lowest BCUT2D eigenvalue weighted by Gasteiger charge is -2.33. The Bertz CT molecular complexity index is 606. The molecule has 0 bridgehead atoms. The molecule has 0 spiro atoms. The molecule has 0 fully saturated rings. The zero-order valence-electron chi connectivity index (χ0n) is 17.5. The van der Waals surface area contributed by atoms with Crippen LogP contribution in [0.3, 0.4) is 0 Å². The maximum Gasteiger partial charge on any atom is 0.312 e. The maximum atomic E-state index is 12.2. The smallest absolute Gasteiger partial charge is 0.312 e. The molecule has 0 N–H and O–H groups in total. The molecule has 0 saturated heterocycles. The summed E-state index contributed by atoms with van der Waals surface area (Å²) in [7, 11) is 1.33. The molecule has 4 heteroatoms. The molecule has 0 aliphatic heterocycles. The van der Waals surface area contributed by atoms with Gasteiger partial charge in [0.2, 0.25) is 0 Å². The van der Waals surface area contributed by atoms with E-state index in [1.54, 1.807) is 0 Å². The summed E-state index contributed by atoms with van der Waals surface area (Å²) in [6, 6.07) is 7.66. The molecule has 0 aromatic heterocycles. The molecule has 0 aliphatic carbocycles. The van der Waals surface area contributed by atoms with Gasteiger partial charge in [-0.25, -0.2) is 0 Å². The van der Waals surface area contributed by atoms with Gasteiger partial charge >= 0.3 is 11.9 Å². The van der Waals surface area contributed by atoms with Crippen molar-refractivity contribution in [2.24, 2.45) is 17.3 Å². The Balaban J connectivity index is 2.78. The van der Waals surface area contributed by atoms with Gasteiger partial charge in [-0.2, -0.15) is 0 Å². The molecule has 0 saturated carbocycles. The predicted octanol–water partition coefficient (Wildman–Crippen LogP) is 5.14. The van der Waals surface area contributed by atoms with Crippen molar-refractivity contribution in [3.8, 4) is 5.75 Å². The van der Waals surface area contributed by atoms with Crippen molar-refractivity contribution < 1.29 is 19.1 Å². The summed E-state index contributed by atoms with van der Waals surface area (Å²) < 4.78 is 10.2. The molecule has 0 radical (unpaired) electrons. The lowest BCUT2D eigenvalue weighted by Crippen LogP contribution is -2.26. The van der Waals surface area contributed by atoms with E-state index in [1.165, 1.54) is 12.7 Å². The van der Waals surface area contributed by atoms with Crippen LogP contribution in [0, 0.1) is 17.3 Å². The van der Waals surface area contributed by atoms with E-state index in [2.05, 4.69) is 34.6 Å². The number of methoxy groups -OCH3 is 1. The van der Waals surface area contributed by atoms with Crippen LogP contribution in [0.2, 0.25) is 0 Å². The predicted molar refractivity (Wildman–Crippen MR) is 104 cm³/mol. The van der Waals surface area contributed by atoms with Gasteiger partial charge in [0.25, 0.3) is 0 Å². The highest BCUT2D eigenvalue weighted by Crippen LogP contribution is 2.36. The van der Waals surface area contributed by atoms with Gasteiger partial charge in [-0.05, 0) is 40.9 Å². The molecule has 0 amide bonds. The molecule has 1 rings (SSSR count). The first-order chi connectivity index (χ1) is 11.9. The van der Waals surface area contributed by atoms with Crippen molar-refractivity contribution in [2.75, 3.05) is 7.11 Å². The first-order valence-electron chi connectivity index (χ1n) is 9.25. The van der Waals surface area contributed by atoms with Gasteiger partial charge in [0.1, 0.15) is 5.75 Å². The van der Waals surface area contributed by atoms with Gasteiger partial charge in [-0.3, -0.25) is 9.59 Å². The highest BCUT2D eigenvalue weighted by molar-refractivity contribution is 5.81. The average Bonchev–Trinajstić information content (AvgIpc) is 2.49. The number of hydrogen-bond donors (Lipinski definition) is 0. The van der Waals surface area contributed by atoms with E-state index < -0.39 is 11.9 Å². The Hall–Kier alpha value is -1.84. The van der Waals surface area contributed by atoms with Crippen LogP contribution >= 0.6 is 0 Å². The lowest BCUT2D eigenvalue weighted by molar-refractivity contribution is -0.151. The molecule has 26 heavy (non-hydrogen) atoms. The van der Waals surface area contributed by atoms with Crippen LogP contribution < -0.4 is 4.74 Å². The number of ether oxygens (including phenoxy) is 2. The summed E-state index contributed by atoms with van der Waals surface area (Å²) in [6.45, 7) is 14.9. The Morgan fingerprint density at radius 1 is 1.00 bits per heavy atom. The molecule has 1 unspecified atom stereocenters. The number of hydrogen-bond acceptors (Lipinski definition) is 4. The van der Waals surface area contributed by atoms with Crippen LogP contribution in [0.15, 0.2) is 24.3 Å². The van der Waals surface area contributed by atoms with Crippen molar-refractivity contribution in [2.45, 2.75) is 66.7 Å². The third-order valence-corrected chi connectivity index (χ3v) is 4.54. The summed E-state index contributed by atoms with van der Waals surface area (Å²) >= 11 is 0. The molecule has 4 nitrogen and oxygen atoms in total. The fourth-order valence-corrected chi connectivity index (χ4v) is 3.50. The van der Waals surface area contributed by atoms with Gasteiger partial charge in [-0.1, -0.05) is 60.6 Å². The Morgan fingerprint density at radius 3 is 1.96 bits per heavy atom. The van der Waals surface area contributed by atoms with Crippen molar-refractivity contribution >= 4 is 11.9 Å². The number of carbonyl (C=O) groups is 2. The van der Waals surface area contributed by atoms with Crippen molar-refractivity contribution in [1.82, 2.24) is 0 Å². The highest BCUT2D eigenvalue weighted by Gasteiger charge is 2.28. The number of benzene rings is 1. The monoisotopic (exact) mass is 362 g/mol. The summed E-state index contributed by atoms with van der Waals surface area (Å²) in [5.41, 5.74) is 1.48. The zero-order valence-corrected chi connectivity index (χ0v) is 17.5. The molecule has 146 valence electrons. The summed E-state index contributed by atoms with van der Waals surface area (Å²) in [5.74, 6) is -0.780. The largest absolute Gasteiger partial charge is 0.469 e. The second-order valence-corrected chi connectivity index (χ2v) is 9.20. The lowest BCUT2D eigenvalue weighted by atomic mass is 9.72. The number of esters is 2. The van der Waals surface area contributed by atoms with Gasteiger partial charge in [-0.15, -0.1) is 0 Å². The van der Waals surface area contributed by atoms with Crippen LogP contribution in [-0.2, 0) is 19.7 Å². The van der Waals surface area contributed by atoms with Crippen LogP contribution in [0.25, 0.3) is 0 Å². The summed E-state index contributed by atoms with van der Waals surface area (Å²) in [5, 5.41) is 0. The van der Waals surface area contributed by atoms with E-state index in [1.807, 2.05) is 38.1 Å². The highest BCUT2D eigenvalue weighted by atomic mass is 16.5. The molecule has 1 aromatic rings. The van der Waals surface area contributed by atoms with Gasteiger partial charge in [0, 0.05) is 0 Å². The minimum Gasteiger partial charge on any atom is -0.469 e. The second-order valence-electron chi connectivity index (χ2n) is 9.20. The van der Waals surface area contributed by atoms with Crippen LogP contribution in [0.1, 0.15) is 66.9 Å². The molecular formula is C22H34O4. The van der Waals surface area contributed by atoms with Crippen molar-refractivity contribution in [3.63, 3.8) is 0 Å². The number of carbonyl (C=O) groups excluding carboxylic acids is 2. The van der Waals surface area contributed by atoms with Crippen molar-refractivity contribution in [1.29, 1.82) is 0 Å². The molecular weight excluding hydrogens is 328 g/mol. The average molecular weight is 363 g/mol. The Morgan fingerprint density at radius 2 is 1.54 bits per heavy atom. The third-order valence-electron chi connectivity index (χ3n) is 4.54. The number of rotatable bonds is 7. The van der Waals surface area contributed by atoms with Crippen LogP contribution in [0.4, 0.5) is 0 Å². The van der Waals surface area contributed by atoms with Crippen LogP contribution in [-0.4, -0.2) is 19.0 Å². The summed E-state index contributed by atoms with van der Waals surface area (Å²) in [4.78, 5) is 24.0. The minimum absolute atomic E-state index is 0.00979. The molecule has 0 heterocycles. The zero-order chi connectivity index (χ0) is 20.1. The molecule has 0 aliphatic rings. The van der Waals surface area contributed by atoms with E-state index in [-0.39, 0.29) is 29.1 Å². The molecule has 1 atom stereocenters. The van der Waals surface area contributed by atoms with Crippen LogP contribution in [0.5, 0.6) is 5.75 Å². The minimum atomic E-state index is -0.488. The quantitative estimate of drug-likeness (QED) is 0.498. The van der Waals surface area contributed by atoms with E-state index in [4.69, 9.17) is 9.47 Å². The standard InChI is InChI=1S/C22H34O4/c1-15(2)18(20(24)25-8)13-19(23)26-17-11-9-16(10-12-17)22(6,7)14-21(3,4)5/h9-12,15,18H,13-14H2,1-8H3. The third kappa shape index (κ3) is 6.81. The summed E-state index contributed by atoms with van der Waals surface area (Å²) in [6.07, 6.45) is 1.07. The normalized spacial score (nSPS) is 13.4. The van der Waals surface area contributed by atoms with E-state index in [0.29, 0.717) is 5.75 Å². The first kappa shape index (κ1) is 22.2. The van der Waals surface area contributed by atoms with Gasteiger partial charge < -0.3 is 9.47 Å². The first-order valence-corrected chi connectivity index (χ1v) is 9.25. The second kappa shape index (κ2) is 8.70. The topological polar surface area (TPSA) is 52.6 Å².